The van der Waals surface area contributed by atoms with Crippen molar-refractivity contribution in [2.75, 3.05) is 19.8 Å². The molecular formula is C38H35F5N2O13. The second-order valence-electron chi connectivity index (χ2n) is 13.0. The van der Waals surface area contributed by atoms with Gasteiger partial charge in [0.2, 0.25) is 40.7 Å². The van der Waals surface area contributed by atoms with Crippen molar-refractivity contribution in [1.29, 1.82) is 0 Å². The molecule has 3 aromatic carbocycles. The molecule has 0 spiro atoms. The van der Waals surface area contributed by atoms with E-state index in [1.54, 1.807) is 36.4 Å². The van der Waals surface area contributed by atoms with Crippen molar-refractivity contribution >= 4 is 35.9 Å². The molecule has 3 aromatic rings. The maximum absolute atomic E-state index is 14.7. The zero-order valence-corrected chi connectivity index (χ0v) is 31.0. The first-order valence-electron chi connectivity index (χ1n) is 17.3. The van der Waals surface area contributed by atoms with Gasteiger partial charge in [0.25, 0.3) is 0 Å². The number of carbonyl (C=O) groups is 6. The molecule has 310 valence electrons. The van der Waals surface area contributed by atoms with Gasteiger partial charge in [-0.2, -0.15) is 8.78 Å². The predicted octanol–water partition coefficient (Wildman–Crippen LogP) is 3.56. The summed E-state index contributed by atoms with van der Waals surface area (Å²) in [6.07, 6.45) is -9.04. The number of esters is 4. The summed E-state index contributed by atoms with van der Waals surface area (Å²) < 4.78 is 104. The summed E-state index contributed by atoms with van der Waals surface area (Å²) in [6.45, 7) is 0.996. The average Bonchev–Trinajstić information content (AvgIpc) is 3.49. The van der Waals surface area contributed by atoms with Crippen LogP contribution in [-0.4, -0.2) is 102 Å². The Hall–Kier alpha value is -6.15. The van der Waals surface area contributed by atoms with Crippen LogP contribution in [0.4, 0.5) is 26.7 Å². The third-order valence-electron chi connectivity index (χ3n) is 9.06. The lowest BCUT2D eigenvalue weighted by Crippen LogP contribution is -2.72. The highest BCUT2D eigenvalue weighted by Crippen LogP contribution is 2.45. The van der Waals surface area contributed by atoms with E-state index in [2.05, 4.69) is 10.1 Å². The molecule has 2 amide bonds. The highest BCUT2D eigenvalue weighted by atomic mass is 19.2. The van der Waals surface area contributed by atoms with Gasteiger partial charge in [0.1, 0.15) is 25.4 Å². The van der Waals surface area contributed by atoms with Crippen LogP contribution in [0.1, 0.15) is 44.7 Å². The van der Waals surface area contributed by atoms with Crippen LogP contribution in [0.15, 0.2) is 48.5 Å². The molecule has 1 aliphatic carbocycles. The number of nitrogens with zero attached hydrogens (tertiary/aromatic N) is 1. The van der Waals surface area contributed by atoms with E-state index in [1.165, 1.54) is 0 Å². The topological polar surface area (TPSA) is 193 Å². The second-order valence-corrected chi connectivity index (χ2v) is 13.0. The molecule has 0 saturated carbocycles. The van der Waals surface area contributed by atoms with Gasteiger partial charge in [-0.3, -0.25) is 24.1 Å². The fraction of sp³-hybridized carbons (Fsp3) is 0.368. The SMILES string of the molecule is CC(=O)N[C@@H]1[C@@H](OC(C)=O)[C@@H](OC(C)=O)[C@@H](COC(C)=O)O[C@@H]1N(C(=O)OCC1c2ccccc2-c2ccccc21)[C@@H](CO)C(=O)Oc1c(F)c(F)c(F)c(F)c1F. The van der Waals surface area contributed by atoms with Crippen molar-refractivity contribution in [3.63, 3.8) is 0 Å². The molecule has 6 atom stereocenters. The molecule has 1 heterocycles. The highest BCUT2D eigenvalue weighted by molar-refractivity contribution is 5.84. The number of ether oxygens (including phenoxy) is 6. The number of carbonyl (C=O) groups excluding carboxylic acids is 6. The third kappa shape index (κ3) is 8.86. The third-order valence-corrected chi connectivity index (χ3v) is 9.06. The number of hydrogen-bond acceptors (Lipinski definition) is 13. The Morgan fingerprint density at radius 3 is 1.74 bits per heavy atom. The van der Waals surface area contributed by atoms with E-state index in [0.717, 1.165) is 38.8 Å². The van der Waals surface area contributed by atoms with Crippen molar-refractivity contribution in [1.82, 2.24) is 10.2 Å². The van der Waals surface area contributed by atoms with Gasteiger partial charge in [0, 0.05) is 33.6 Å². The summed E-state index contributed by atoms with van der Waals surface area (Å²) in [7, 11) is 0. The Morgan fingerprint density at radius 2 is 1.24 bits per heavy atom. The summed E-state index contributed by atoms with van der Waals surface area (Å²) in [5.41, 5.74) is 3.01. The van der Waals surface area contributed by atoms with E-state index in [1.807, 2.05) is 12.1 Å². The predicted molar refractivity (Wildman–Crippen MR) is 184 cm³/mol. The van der Waals surface area contributed by atoms with Gasteiger partial charge < -0.3 is 38.8 Å². The van der Waals surface area contributed by atoms with E-state index in [9.17, 15) is 55.8 Å². The van der Waals surface area contributed by atoms with Crippen molar-refractivity contribution in [3.05, 3.63) is 88.7 Å². The molecule has 58 heavy (non-hydrogen) atoms. The van der Waals surface area contributed by atoms with E-state index in [-0.39, 0.29) is 4.90 Å². The number of amides is 2. The number of fused-ring (bicyclic) bond motifs is 3. The average molecular weight is 823 g/mol. The van der Waals surface area contributed by atoms with Gasteiger partial charge in [-0.15, -0.1) is 0 Å². The number of rotatable bonds is 12. The van der Waals surface area contributed by atoms with E-state index in [4.69, 9.17) is 23.7 Å². The summed E-state index contributed by atoms with van der Waals surface area (Å²) in [5, 5.41) is 13.0. The molecule has 0 unspecified atom stereocenters. The number of halogens is 5. The Labute approximate surface area is 325 Å². The molecular weight excluding hydrogens is 787 g/mol. The zero-order valence-electron chi connectivity index (χ0n) is 31.0. The van der Waals surface area contributed by atoms with E-state index < -0.39 is 133 Å². The fourth-order valence-corrected chi connectivity index (χ4v) is 6.74. The monoisotopic (exact) mass is 822 g/mol. The van der Waals surface area contributed by atoms with Crippen LogP contribution in [0.3, 0.4) is 0 Å². The lowest BCUT2D eigenvalue weighted by molar-refractivity contribution is -0.247. The van der Waals surface area contributed by atoms with Crippen LogP contribution in [0.5, 0.6) is 5.75 Å². The molecule has 5 rings (SSSR count). The Bertz CT molecular complexity index is 2050. The fourth-order valence-electron chi connectivity index (χ4n) is 6.74. The first-order valence-corrected chi connectivity index (χ1v) is 17.3. The van der Waals surface area contributed by atoms with Crippen LogP contribution >= 0.6 is 0 Å². The Kier molecular flexibility index (Phi) is 13.3. The standard InChI is InChI=1S/C38H35F5N2O13/c1-16(47)44-32-35(56-19(4)50)33(55-18(3)49)26(15-53-17(2)48)57-36(32)45(25(13-46)37(51)58-34-30(42)28(40)27(39)29(41)31(34)43)38(52)54-14-24-22-11-7-5-9-20(22)21-10-6-8-12-23(21)24/h5-12,24-26,32-33,35-36,46H,13-15H2,1-4H3,(H,44,47)/t25-,26+,32+,33-,35+,36-/m0/s1. The molecule has 0 aromatic heterocycles. The smallest absolute Gasteiger partial charge is 0.412 e. The first-order chi connectivity index (χ1) is 27.5. The molecule has 1 fully saturated rings. The zero-order chi connectivity index (χ0) is 42.6. The van der Waals surface area contributed by atoms with E-state index in [0.29, 0.717) is 11.1 Å². The van der Waals surface area contributed by atoms with Gasteiger partial charge in [-0.25, -0.2) is 22.8 Å². The van der Waals surface area contributed by atoms with Crippen LogP contribution in [-0.2, 0) is 47.7 Å². The molecule has 15 nitrogen and oxygen atoms in total. The molecule has 0 bridgehead atoms. The molecule has 0 radical (unpaired) electrons. The number of benzene rings is 3. The maximum atomic E-state index is 14.7. The Morgan fingerprint density at radius 1 is 0.724 bits per heavy atom. The maximum Gasteiger partial charge on any atom is 0.412 e. The Balaban J connectivity index is 1.64. The van der Waals surface area contributed by atoms with Gasteiger partial charge in [0.15, 0.2) is 24.5 Å². The number of aliphatic hydroxyl groups excluding tert-OH is 1. The summed E-state index contributed by atoms with van der Waals surface area (Å²) >= 11 is 0. The minimum atomic E-state index is -2.58. The van der Waals surface area contributed by atoms with Gasteiger partial charge in [0.05, 0.1) is 6.61 Å². The first kappa shape index (κ1) is 43.0. The molecule has 1 saturated heterocycles. The lowest BCUT2D eigenvalue weighted by Gasteiger charge is -2.49. The molecule has 1 aliphatic heterocycles. The minimum Gasteiger partial charge on any atom is -0.463 e. The quantitative estimate of drug-likeness (QED) is 0.0674. The molecule has 20 heteroatoms. The van der Waals surface area contributed by atoms with Crippen LogP contribution in [0, 0.1) is 29.1 Å². The van der Waals surface area contributed by atoms with Crippen molar-refractivity contribution in [3.8, 4) is 16.9 Å². The number of nitrogens with one attached hydrogen (secondary N) is 1. The second kappa shape index (κ2) is 18.0. The summed E-state index contributed by atoms with van der Waals surface area (Å²) in [5.74, 6) is -21.4. The molecule has 2 aliphatic rings. The highest BCUT2D eigenvalue weighted by Gasteiger charge is 2.56. The number of aliphatic hydroxyl groups is 1. The molecule has 2 N–H and O–H groups in total. The normalized spacial score (nSPS) is 20.1. The summed E-state index contributed by atoms with van der Waals surface area (Å²) in [6, 6.07) is 9.79. The number of hydrogen-bond donors (Lipinski definition) is 2. The largest absolute Gasteiger partial charge is 0.463 e. The van der Waals surface area contributed by atoms with Crippen molar-refractivity contribution in [2.45, 2.75) is 70.2 Å². The van der Waals surface area contributed by atoms with Gasteiger partial charge in [-0.1, -0.05) is 48.5 Å². The van der Waals surface area contributed by atoms with Gasteiger partial charge >= 0.3 is 30.0 Å². The van der Waals surface area contributed by atoms with Crippen LogP contribution in [0.2, 0.25) is 0 Å². The minimum absolute atomic E-state index is 0.267. The summed E-state index contributed by atoms with van der Waals surface area (Å²) in [4.78, 5) is 77.8. The lowest BCUT2D eigenvalue weighted by atomic mass is 9.94. The van der Waals surface area contributed by atoms with Crippen molar-refractivity contribution in [2.24, 2.45) is 0 Å². The van der Waals surface area contributed by atoms with Crippen LogP contribution in [0.25, 0.3) is 11.1 Å². The van der Waals surface area contributed by atoms with Crippen molar-refractivity contribution < 1.29 is 84.2 Å². The van der Waals surface area contributed by atoms with Gasteiger partial charge in [-0.05, 0) is 22.3 Å². The van der Waals surface area contributed by atoms with Crippen LogP contribution < -0.4 is 10.1 Å². The van der Waals surface area contributed by atoms with E-state index >= 15 is 0 Å².